The normalized spacial score (nSPS) is 11.0. The van der Waals surface area contributed by atoms with E-state index >= 15 is 0 Å². The van der Waals surface area contributed by atoms with Gasteiger partial charge in [-0.1, -0.05) is 24.8 Å². The highest BCUT2D eigenvalue weighted by Gasteiger charge is 2.04. The second-order valence-electron chi connectivity index (χ2n) is 4.83. The van der Waals surface area contributed by atoms with Gasteiger partial charge >= 0.3 is 0 Å². The van der Waals surface area contributed by atoms with Crippen molar-refractivity contribution < 1.29 is 9.47 Å². The summed E-state index contributed by atoms with van der Waals surface area (Å²) in [6, 6.07) is 13.5. The molecule has 0 amide bonds. The van der Waals surface area contributed by atoms with Crippen LogP contribution in [-0.4, -0.2) is 29.6 Å². The highest BCUT2D eigenvalue weighted by Crippen LogP contribution is 2.27. The number of aromatic nitrogens is 2. The molecule has 0 atom stereocenters. The summed E-state index contributed by atoms with van der Waals surface area (Å²) in [5, 5.41) is 4.45. The summed E-state index contributed by atoms with van der Waals surface area (Å²) in [7, 11) is 1.61. The third kappa shape index (κ3) is 3.23. The van der Waals surface area contributed by atoms with Crippen molar-refractivity contribution in [2.24, 2.45) is 5.10 Å². The standard InChI is InChI=1S/C18H17N3O2/c1-3-10-23-17-9-8-14(11-18(17)22-2)12-20-21-13-19-15-6-4-5-7-16(15)21/h3-9,11-13H,1,10H2,2H3/b20-12-. The Labute approximate surface area is 134 Å². The van der Waals surface area contributed by atoms with Crippen LogP contribution in [0.5, 0.6) is 11.5 Å². The van der Waals surface area contributed by atoms with E-state index in [0.717, 1.165) is 16.6 Å². The smallest absolute Gasteiger partial charge is 0.161 e. The molecule has 3 rings (SSSR count). The number of methoxy groups -OCH3 is 1. The van der Waals surface area contributed by atoms with Crippen molar-refractivity contribution in [2.75, 3.05) is 13.7 Å². The lowest BCUT2D eigenvalue weighted by Crippen LogP contribution is -1.97. The summed E-state index contributed by atoms with van der Waals surface area (Å²) in [6.45, 7) is 4.07. The number of ether oxygens (including phenoxy) is 2. The van der Waals surface area contributed by atoms with Gasteiger partial charge in [-0.05, 0) is 35.9 Å². The van der Waals surface area contributed by atoms with Crippen LogP contribution in [0.15, 0.2) is 66.5 Å². The lowest BCUT2D eigenvalue weighted by atomic mass is 10.2. The second kappa shape index (κ2) is 6.79. The van der Waals surface area contributed by atoms with Gasteiger partial charge in [-0.3, -0.25) is 0 Å². The maximum Gasteiger partial charge on any atom is 0.161 e. The van der Waals surface area contributed by atoms with E-state index in [0.29, 0.717) is 18.1 Å². The van der Waals surface area contributed by atoms with Gasteiger partial charge in [-0.15, -0.1) is 0 Å². The van der Waals surface area contributed by atoms with Crippen molar-refractivity contribution in [2.45, 2.75) is 0 Å². The van der Waals surface area contributed by atoms with Crippen LogP contribution in [0.4, 0.5) is 0 Å². The molecule has 116 valence electrons. The number of fused-ring (bicyclic) bond motifs is 1. The minimum atomic E-state index is 0.435. The number of hydrogen-bond acceptors (Lipinski definition) is 4. The molecular formula is C18H17N3O2. The summed E-state index contributed by atoms with van der Waals surface area (Å²) in [5.41, 5.74) is 2.78. The van der Waals surface area contributed by atoms with E-state index in [9.17, 15) is 0 Å². The molecule has 1 heterocycles. The van der Waals surface area contributed by atoms with E-state index in [1.807, 2.05) is 42.5 Å². The molecule has 0 saturated carbocycles. The van der Waals surface area contributed by atoms with Gasteiger partial charge in [-0.25, -0.2) is 9.66 Å². The van der Waals surface area contributed by atoms with Crippen molar-refractivity contribution in [1.29, 1.82) is 0 Å². The monoisotopic (exact) mass is 307 g/mol. The zero-order chi connectivity index (χ0) is 16.1. The Morgan fingerprint density at radius 2 is 2.09 bits per heavy atom. The molecule has 0 saturated heterocycles. The third-order valence-electron chi connectivity index (χ3n) is 3.31. The average molecular weight is 307 g/mol. The molecule has 0 fully saturated rings. The van der Waals surface area contributed by atoms with E-state index in [1.165, 1.54) is 0 Å². The van der Waals surface area contributed by atoms with Gasteiger partial charge in [0, 0.05) is 0 Å². The predicted octanol–water partition coefficient (Wildman–Crippen LogP) is 3.49. The van der Waals surface area contributed by atoms with Crippen LogP contribution in [0.3, 0.4) is 0 Å². The summed E-state index contributed by atoms with van der Waals surface area (Å²) >= 11 is 0. The Morgan fingerprint density at radius 3 is 2.91 bits per heavy atom. The fourth-order valence-electron chi connectivity index (χ4n) is 2.20. The van der Waals surface area contributed by atoms with Crippen LogP contribution >= 0.6 is 0 Å². The van der Waals surface area contributed by atoms with Gasteiger partial charge in [0.1, 0.15) is 12.9 Å². The van der Waals surface area contributed by atoms with E-state index in [2.05, 4.69) is 16.7 Å². The van der Waals surface area contributed by atoms with Gasteiger partial charge in [0.25, 0.3) is 0 Å². The first kappa shape index (κ1) is 14.8. The molecule has 0 spiro atoms. The molecule has 2 aromatic carbocycles. The van der Waals surface area contributed by atoms with Gasteiger partial charge in [0.15, 0.2) is 11.5 Å². The Hall–Kier alpha value is -3.08. The minimum absolute atomic E-state index is 0.435. The summed E-state index contributed by atoms with van der Waals surface area (Å²) in [4.78, 5) is 4.31. The third-order valence-corrected chi connectivity index (χ3v) is 3.31. The number of benzene rings is 2. The zero-order valence-corrected chi connectivity index (χ0v) is 12.8. The van der Waals surface area contributed by atoms with Crippen LogP contribution in [0.25, 0.3) is 11.0 Å². The fourth-order valence-corrected chi connectivity index (χ4v) is 2.20. The Bertz CT molecular complexity index is 852. The van der Waals surface area contributed by atoms with E-state index in [-0.39, 0.29) is 0 Å². The molecule has 0 bridgehead atoms. The quantitative estimate of drug-likeness (QED) is 0.517. The highest BCUT2D eigenvalue weighted by molar-refractivity contribution is 5.82. The van der Waals surface area contributed by atoms with E-state index in [1.54, 1.807) is 30.4 Å². The topological polar surface area (TPSA) is 48.6 Å². The van der Waals surface area contributed by atoms with Crippen LogP contribution in [0.1, 0.15) is 5.56 Å². The Kier molecular flexibility index (Phi) is 4.38. The van der Waals surface area contributed by atoms with Crippen molar-refractivity contribution >= 4 is 17.2 Å². The SMILES string of the molecule is C=CCOc1ccc(/C=N\n2cnc3ccccc32)cc1OC. The molecule has 0 N–H and O–H groups in total. The number of rotatable bonds is 6. The first-order chi connectivity index (χ1) is 11.3. The number of para-hydroxylation sites is 2. The zero-order valence-electron chi connectivity index (χ0n) is 12.8. The first-order valence-corrected chi connectivity index (χ1v) is 7.20. The van der Waals surface area contributed by atoms with Gasteiger partial charge in [0.05, 0.1) is 24.4 Å². The van der Waals surface area contributed by atoms with Gasteiger partial charge in [0.2, 0.25) is 0 Å². The second-order valence-corrected chi connectivity index (χ2v) is 4.83. The van der Waals surface area contributed by atoms with Crippen molar-refractivity contribution in [1.82, 2.24) is 9.66 Å². The number of imidazole rings is 1. The van der Waals surface area contributed by atoms with Crippen molar-refractivity contribution in [3.8, 4) is 11.5 Å². The molecule has 0 aliphatic rings. The number of hydrogen-bond donors (Lipinski definition) is 0. The minimum Gasteiger partial charge on any atom is -0.493 e. The lowest BCUT2D eigenvalue weighted by molar-refractivity contribution is 0.326. The van der Waals surface area contributed by atoms with E-state index in [4.69, 9.17) is 9.47 Å². The maximum atomic E-state index is 5.54. The van der Waals surface area contributed by atoms with Gasteiger partial charge in [-0.2, -0.15) is 5.10 Å². The predicted molar refractivity (Wildman–Crippen MR) is 91.4 cm³/mol. The summed E-state index contributed by atoms with van der Waals surface area (Å²) in [6.07, 6.45) is 5.15. The lowest BCUT2D eigenvalue weighted by Gasteiger charge is -2.09. The molecule has 0 aliphatic heterocycles. The number of nitrogens with zero attached hydrogens (tertiary/aromatic N) is 3. The van der Waals surface area contributed by atoms with Crippen LogP contribution in [-0.2, 0) is 0 Å². The summed E-state index contributed by atoms with van der Waals surface area (Å²) < 4.78 is 12.6. The van der Waals surface area contributed by atoms with E-state index < -0.39 is 0 Å². The van der Waals surface area contributed by atoms with Crippen LogP contribution < -0.4 is 9.47 Å². The molecule has 5 nitrogen and oxygen atoms in total. The van der Waals surface area contributed by atoms with Crippen molar-refractivity contribution in [3.05, 3.63) is 67.0 Å². The molecular weight excluding hydrogens is 290 g/mol. The molecule has 1 aromatic heterocycles. The molecule has 23 heavy (non-hydrogen) atoms. The maximum absolute atomic E-state index is 5.54. The molecule has 0 radical (unpaired) electrons. The van der Waals surface area contributed by atoms with Crippen LogP contribution in [0.2, 0.25) is 0 Å². The largest absolute Gasteiger partial charge is 0.493 e. The molecule has 3 aromatic rings. The molecule has 5 heteroatoms. The average Bonchev–Trinajstić information content (AvgIpc) is 3.01. The summed E-state index contributed by atoms with van der Waals surface area (Å²) in [5.74, 6) is 1.34. The fraction of sp³-hybridized carbons (Fsp3) is 0.111. The van der Waals surface area contributed by atoms with Crippen molar-refractivity contribution in [3.63, 3.8) is 0 Å². The highest BCUT2D eigenvalue weighted by atomic mass is 16.5. The Balaban J connectivity index is 1.86. The molecule has 0 aliphatic carbocycles. The Morgan fingerprint density at radius 1 is 1.22 bits per heavy atom. The van der Waals surface area contributed by atoms with Crippen LogP contribution in [0, 0.1) is 0 Å². The first-order valence-electron chi connectivity index (χ1n) is 7.20. The van der Waals surface area contributed by atoms with Gasteiger partial charge < -0.3 is 9.47 Å². The molecule has 0 unspecified atom stereocenters.